The summed E-state index contributed by atoms with van der Waals surface area (Å²) in [5, 5.41) is 3.31. The van der Waals surface area contributed by atoms with Crippen molar-refractivity contribution in [3.8, 4) is 0 Å². The molecule has 0 unspecified atom stereocenters. The number of hydrogen-bond acceptors (Lipinski definition) is 5. The highest BCUT2D eigenvalue weighted by Gasteiger charge is 2.24. The third-order valence-electron chi connectivity index (χ3n) is 4.35. The van der Waals surface area contributed by atoms with Crippen molar-refractivity contribution in [3.63, 3.8) is 0 Å². The summed E-state index contributed by atoms with van der Waals surface area (Å²) < 4.78 is 16.2. The molecular weight excluding hydrogens is 475 g/mol. The van der Waals surface area contributed by atoms with E-state index >= 15 is 0 Å². The Balaban J connectivity index is 0.00000392. The lowest BCUT2D eigenvalue weighted by Gasteiger charge is -2.36. The van der Waals surface area contributed by atoms with Crippen molar-refractivity contribution < 1.29 is 18.7 Å². The zero-order valence-corrected chi connectivity index (χ0v) is 19.2. The van der Waals surface area contributed by atoms with E-state index in [-0.39, 0.29) is 29.9 Å². The van der Waals surface area contributed by atoms with Gasteiger partial charge < -0.3 is 29.0 Å². The second kappa shape index (κ2) is 14.6. The molecule has 28 heavy (non-hydrogen) atoms. The number of carbonyl (C=O) groups excluding carboxylic acids is 1. The first-order valence-electron chi connectivity index (χ1n) is 9.70. The Morgan fingerprint density at radius 3 is 2.43 bits per heavy atom. The van der Waals surface area contributed by atoms with E-state index < -0.39 is 0 Å². The second-order valence-electron chi connectivity index (χ2n) is 6.31. The molecule has 0 aliphatic carbocycles. The molecule has 0 saturated carbocycles. The molecule has 2 heterocycles. The van der Waals surface area contributed by atoms with E-state index in [9.17, 15) is 4.79 Å². The summed E-state index contributed by atoms with van der Waals surface area (Å²) in [6.07, 6.45) is 3.77. The van der Waals surface area contributed by atoms with Gasteiger partial charge in [-0.15, -0.1) is 24.0 Å². The Kier molecular flexibility index (Phi) is 12.9. The Morgan fingerprint density at radius 1 is 1.14 bits per heavy atom. The number of ether oxygens (including phenoxy) is 2. The molecule has 8 nitrogen and oxygen atoms in total. The molecule has 1 saturated heterocycles. The number of amides is 1. The van der Waals surface area contributed by atoms with Gasteiger partial charge in [0.25, 0.3) is 5.91 Å². The fraction of sp³-hybridized carbons (Fsp3) is 0.684. The number of furan rings is 1. The van der Waals surface area contributed by atoms with Crippen LogP contribution in [-0.2, 0) is 9.47 Å². The maximum atomic E-state index is 12.3. The van der Waals surface area contributed by atoms with Crippen LogP contribution >= 0.6 is 24.0 Å². The normalized spacial score (nSPS) is 14.7. The Morgan fingerprint density at radius 2 is 1.82 bits per heavy atom. The van der Waals surface area contributed by atoms with Gasteiger partial charge >= 0.3 is 0 Å². The Labute approximate surface area is 184 Å². The summed E-state index contributed by atoms with van der Waals surface area (Å²) in [5.74, 6) is 1.17. The van der Waals surface area contributed by atoms with Crippen LogP contribution in [0, 0.1) is 0 Å². The fourth-order valence-electron chi connectivity index (χ4n) is 2.81. The van der Waals surface area contributed by atoms with Crippen molar-refractivity contribution in [1.29, 1.82) is 0 Å². The van der Waals surface area contributed by atoms with Crippen molar-refractivity contribution in [2.24, 2.45) is 4.99 Å². The van der Waals surface area contributed by atoms with E-state index in [1.54, 1.807) is 19.2 Å². The number of carbonyl (C=O) groups is 1. The highest BCUT2D eigenvalue weighted by atomic mass is 127. The topological polar surface area (TPSA) is 79.5 Å². The van der Waals surface area contributed by atoms with Gasteiger partial charge in [0.2, 0.25) is 0 Å². The van der Waals surface area contributed by atoms with E-state index in [1.807, 2.05) is 4.90 Å². The van der Waals surface area contributed by atoms with Crippen LogP contribution in [0.3, 0.4) is 0 Å². The van der Waals surface area contributed by atoms with E-state index in [1.165, 1.54) is 6.26 Å². The maximum absolute atomic E-state index is 12.3. The SMILES string of the molecule is CCCCOCCOCCNC(=NC)N1CCN(C(=O)c2ccco2)CC1.I. The number of unbranched alkanes of at least 4 members (excludes halogenated alkanes) is 1. The summed E-state index contributed by atoms with van der Waals surface area (Å²) in [4.78, 5) is 20.6. The van der Waals surface area contributed by atoms with Crippen LogP contribution in [0.5, 0.6) is 0 Å². The predicted octanol–water partition coefficient (Wildman–Crippen LogP) is 2.06. The van der Waals surface area contributed by atoms with Crippen LogP contribution in [0.15, 0.2) is 27.8 Å². The third-order valence-corrected chi connectivity index (χ3v) is 4.35. The Hall–Kier alpha value is -1.33. The minimum absolute atomic E-state index is 0. The average Bonchev–Trinajstić information content (AvgIpc) is 3.24. The van der Waals surface area contributed by atoms with E-state index in [2.05, 4.69) is 22.1 Å². The lowest BCUT2D eigenvalue weighted by molar-refractivity contribution is 0.0484. The first-order chi connectivity index (χ1) is 13.3. The molecule has 1 aromatic rings. The number of guanidine groups is 1. The molecule has 1 aliphatic rings. The van der Waals surface area contributed by atoms with Crippen molar-refractivity contribution in [2.45, 2.75) is 19.8 Å². The summed E-state index contributed by atoms with van der Waals surface area (Å²) in [5.41, 5.74) is 0. The van der Waals surface area contributed by atoms with Crippen molar-refractivity contribution >= 4 is 35.8 Å². The lowest BCUT2D eigenvalue weighted by atomic mass is 10.3. The second-order valence-corrected chi connectivity index (χ2v) is 6.31. The van der Waals surface area contributed by atoms with Gasteiger partial charge in [0.1, 0.15) is 0 Å². The molecule has 1 fully saturated rings. The smallest absolute Gasteiger partial charge is 0.289 e. The fourth-order valence-corrected chi connectivity index (χ4v) is 2.81. The van der Waals surface area contributed by atoms with Crippen LogP contribution in [-0.4, -0.2) is 87.9 Å². The van der Waals surface area contributed by atoms with Gasteiger partial charge in [-0.2, -0.15) is 0 Å². The molecule has 160 valence electrons. The zero-order chi connectivity index (χ0) is 19.3. The number of halogens is 1. The van der Waals surface area contributed by atoms with Crippen LogP contribution in [0.4, 0.5) is 0 Å². The monoisotopic (exact) mass is 508 g/mol. The van der Waals surface area contributed by atoms with Crippen LogP contribution in [0.1, 0.15) is 30.3 Å². The molecule has 0 atom stereocenters. The van der Waals surface area contributed by atoms with E-state index in [0.29, 0.717) is 45.2 Å². The summed E-state index contributed by atoms with van der Waals surface area (Å²) >= 11 is 0. The van der Waals surface area contributed by atoms with Gasteiger partial charge in [-0.3, -0.25) is 9.79 Å². The van der Waals surface area contributed by atoms with E-state index in [0.717, 1.165) is 38.5 Å². The molecule has 9 heteroatoms. The van der Waals surface area contributed by atoms with Crippen LogP contribution in [0.25, 0.3) is 0 Å². The van der Waals surface area contributed by atoms with Crippen molar-refractivity contribution in [3.05, 3.63) is 24.2 Å². The summed E-state index contributed by atoms with van der Waals surface area (Å²) in [6.45, 7) is 8.25. The molecule has 1 aliphatic heterocycles. The van der Waals surface area contributed by atoms with Crippen LogP contribution < -0.4 is 5.32 Å². The minimum Gasteiger partial charge on any atom is -0.459 e. The molecule has 2 rings (SSSR count). The number of rotatable bonds is 10. The maximum Gasteiger partial charge on any atom is 0.289 e. The number of aliphatic imine (C=N–C) groups is 1. The minimum atomic E-state index is -0.0582. The van der Waals surface area contributed by atoms with Gasteiger partial charge in [-0.1, -0.05) is 13.3 Å². The highest BCUT2D eigenvalue weighted by Crippen LogP contribution is 2.09. The van der Waals surface area contributed by atoms with Crippen molar-refractivity contribution in [2.75, 3.05) is 66.2 Å². The van der Waals surface area contributed by atoms with Gasteiger partial charge in [-0.25, -0.2) is 0 Å². The number of hydrogen-bond donors (Lipinski definition) is 1. The van der Waals surface area contributed by atoms with Gasteiger partial charge in [-0.05, 0) is 18.6 Å². The Bertz CT molecular complexity index is 560. The molecule has 0 aromatic carbocycles. The highest BCUT2D eigenvalue weighted by molar-refractivity contribution is 14.0. The number of piperazine rings is 1. The lowest BCUT2D eigenvalue weighted by Crippen LogP contribution is -2.54. The molecular formula is C19H33IN4O4. The molecule has 1 aromatic heterocycles. The van der Waals surface area contributed by atoms with Gasteiger partial charge in [0.05, 0.1) is 26.1 Å². The first-order valence-corrected chi connectivity index (χ1v) is 9.70. The number of nitrogens with one attached hydrogen (secondary N) is 1. The predicted molar refractivity (Wildman–Crippen MR) is 120 cm³/mol. The van der Waals surface area contributed by atoms with Crippen LogP contribution in [0.2, 0.25) is 0 Å². The zero-order valence-electron chi connectivity index (χ0n) is 16.9. The first kappa shape index (κ1) is 24.7. The molecule has 0 radical (unpaired) electrons. The molecule has 0 spiro atoms. The summed E-state index contributed by atoms with van der Waals surface area (Å²) in [7, 11) is 1.77. The average molecular weight is 508 g/mol. The van der Waals surface area contributed by atoms with Crippen molar-refractivity contribution in [1.82, 2.24) is 15.1 Å². The molecule has 0 bridgehead atoms. The molecule has 1 amide bonds. The standard InChI is InChI=1S/C19H32N4O4.HI/c1-3-4-12-25-15-16-26-14-7-21-19(20-2)23-10-8-22(9-11-23)18(24)17-6-5-13-27-17;/h5-6,13H,3-4,7-12,14-16H2,1-2H3,(H,20,21);1H. The van der Waals surface area contributed by atoms with Gasteiger partial charge in [0, 0.05) is 46.4 Å². The third kappa shape index (κ3) is 8.36. The number of nitrogens with zero attached hydrogens (tertiary/aromatic N) is 3. The summed E-state index contributed by atoms with van der Waals surface area (Å²) in [6, 6.07) is 3.43. The van der Waals surface area contributed by atoms with Gasteiger partial charge in [0.15, 0.2) is 11.7 Å². The van der Waals surface area contributed by atoms with E-state index in [4.69, 9.17) is 13.9 Å². The quantitative estimate of drug-likeness (QED) is 0.226. The largest absolute Gasteiger partial charge is 0.459 e. The molecule has 1 N–H and O–H groups in total.